The second kappa shape index (κ2) is 18.0. The Hall–Kier alpha value is -1.35. The van der Waals surface area contributed by atoms with Crippen LogP contribution in [0.5, 0.6) is 0 Å². The van der Waals surface area contributed by atoms with Gasteiger partial charge >= 0.3 is 5.97 Å². The Balaban J connectivity index is 3.30. The van der Waals surface area contributed by atoms with Crippen molar-refractivity contribution in [3.05, 3.63) is 36.5 Å². The molecule has 0 amide bonds. The van der Waals surface area contributed by atoms with Gasteiger partial charge in [0.2, 0.25) is 0 Å². The van der Waals surface area contributed by atoms with Crippen molar-refractivity contribution in [2.45, 2.75) is 97.5 Å². The van der Waals surface area contributed by atoms with E-state index >= 15 is 0 Å². The first-order chi connectivity index (χ1) is 13.0. The van der Waals surface area contributed by atoms with Crippen LogP contribution in [0.25, 0.3) is 0 Å². The maximum Gasteiger partial charge on any atom is 0.332 e. The molecule has 0 fully saturated rings. The molecule has 27 heavy (non-hydrogen) atoms. The summed E-state index contributed by atoms with van der Waals surface area (Å²) in [4.78, 5) is 11.5. The Kier molecular flexibility index (Phi) is 17.1. The zero-order valence-corrected chi connectivity index (χ0v) is 18.2. The molecule has 0 rings (SSSR count). The van der Waals surface area contributed by atoms with Gasteiger partial charge in [0.1, 0.15) is 12.2 Å². The summed E-state index contributed by atoms with van der Waals surface area (Å²) in [6.07, 6.45) is 25.1. The Morgan fingerprint density at radius 2 is 1.33 bits per heavy atom. The number of hydrogen-bond acceptors (Lipinski definition) is 3. The van der Waals surface area contributed by atoms with Crippen LogP contribution in [0.15, 0.2) is 36.5 Å². The second-order valence-corrected chi connectivity index (χ2v) is 7.84. The Bertz CT molecular complexity index is 427. The smallest absolute Gasteiger partial charge is 0.332 e. The van der Waals surface area contributed by atoms with Gasteiger partial charge in [-0.3, -0.25) is 0 Å². The standard InChI is InChI=1S/C24H42O3/c1-5-6-7-8-9-10-11-12-13-14-15-16-17-18-19-20-21-26-22-23(25)27-24(2,3)4/h6-7,9-10,12-13H,5,8,11,14-22H2,1-4H3. The van der Waals surface area contributed by atoms with E-state index in [4.69, 9.17) is 9.47 Å². The highest BCUT2D eigenvalue weighted by atomic mass is 16.6. The predicted octanol–water partition coefficient (Wildman–Crippen LogP) is 6.93. The van der Waals surface area contributed by atoms with Crippen LogP contribution in [0.2, 0.25) is 0 Å². The normalized spacial score (nSPS) is 12.6. The van der Waals surface area contributed by atoms with Crippen molar-refractivity contribution in [2.75, 3.05) is 13.2 Å². The second-order valence-electron chi connectivity index (χ2n) is 7.84. The minimum atomic E-state index is -0.432. The van der Waals surface area contributed by atoms with Crippen LogP contribution < -0.4 is 0 Å². The molecule has 0 aliphatic heterocycles. The molecule has 0 atom stereocenters. The van der Waals surface area contributed by atoms with E-state index in [9.17, 15) is 4.79 Å². The fraction of sp³-hybridized carbons (Fsp3) is 0.708. The summed E-state index contributed by atoms with van der Waals surface area (Å²) in [7, 11) is 0. The third-order valence-electron chi connectivity index (χ3n) is 3.83. The van der Waals surface area contributed by atoms with Crippen LogP contribution in [0.1, 0.15) is 91.9 Å². The van der Waals surface area contributed by atoms with Gasteiger partial charge in [-0.15, -0.1) is 0 Å². The first-order valence-electron chi connectivity index (χ1n) is 10.7. The highest BCUT2D eigenvalue weighted by Crippen LogP contribution is 2.09. The van der Waals surface area contributed by atoms with Gasteiger partial charge in [0.25, 0.3) is 0 Å². The number of allylic oxidation sites excluding steroid dienone is 6. The monoisotopic (exact) mass is 378 g/mol. The number of unbranched alkanes of at least 4 members (excludes halogenated alkanes) is 6. The maximum absolute atomic E-state index is 11.5. The highest BCUT2D eigenvalue weighted by molar-refractivity contribution is 5.71. The average Bonchev–Trinajstić information content (AvgIpc) is 2.59. The summed E-state index contributed by atoms with van der Waals surface area (Å²) in [6.45, 7) is 8.46. The molecule has 0 aromatic heterocycles. The number of carbonyl (C=O) groups excluding carboxylic acids is 1. The van der Waals surface area contributed by atoms with Crippen molar-refractivity contribution >= 4 is 5.97 Å². The van der Waals surface area contributed by atoms with Crippen LogP contribution in [-0.2, 0) is 14.3 Å². The summed E-state index contributed by atoms with van der Waals surface area (Å²) < 4.78 is 10.6. The number of carbonyl (C=O) groups is 1. The van der Waals surface area contributed by atoms with E-state index in [1.165, 1.54) is 38.5 Å². The van der Waals surface area contributed by atoms with Gasteiger partial charge in [-0.25, -0.2) is 4.79 Å². The van der Waals surface area contributed by atoms with E-state index < -0.39 is 5.60 Å². The fourth-order valence-electron chi connectivity index (χ4n) is 2.53. The quantitative estimate of drug-likeness (QED) is 0.166. The van der Waals surface area contributed by atoms with Crippen molar-refractivity contribution in [1.82, 2.24) is 0 Å². The zero-order valence-electron chi connectivity index (χ0n) is 18.2. The predicted molar refractivity (Wildman–Crippen MR) is 116 cm³/mol. The molecule has 3 heteroatoms. The number of hydrogen-bond donors (Lipinski definition) is 0. The topological polar surface area (TPSA) is 35.5 Å². The minimum absolute atomic E-state index is 0.0637. The molecule has 0 aromatic carbocycles. The first kappa shape index (κ1) is 25.6. The van der Waals surface area contributed by atoms with E-state index in [0.717, 1.165) is 25.7 Å². The molecule has 0 aromatic rings. The van der Waals surface area contributed by atoms with Crippen molar-refractivity contribution in [1.29, 1.82) is 0 Å². The third-order valence-corrected chi connectivity index (χ3v) is 3.83. The van der Waals surface area contributed by atoms with Crippen LogP contribution in [0.3, 0.4) is 0 Å². The Labute approximate surface area is 167 Å². The Morgan fingerprint density at radius 1 is 0.778 bits per heavy atom. The number of esters is 1. The molecule has 0 unspecified atom stereocenters. The minimum Gasteiger partial charge on any atom is -0.458 e. The fourth-order valence-corrected chi connectivity index (χ4v) is 2.53. The highest BCUT2D eigenvalue weighted by Gasteiger charge is 2.15. The lowest BCUT2D eigenvalue weighted by atomic mass is 10.1. The van der Waals surface area contributed by atoms with E-state index in [1.54, 1.807) is 0 Å². The molecule has 0 spiro atoms. The molecular formula is C24H42O3. The van der Waals surface area contributed by atoms with Gasteiger partial charge in [0.05, 0.1) is 0 Å². The molecule has 0 aliphatic carbocycles. The summed E-state index contributed by atoms with van der Waals surface area (Å²) in [5.74, 6) is -0.278. The van der Waals surface area contributed by atoms with Gasteiger partial charge < -0.3 is 9.47 Å². The summed E-state index contributed by atoms with van der Waals surface area (Å²) >= 11 is 0. The zero-order chi connectivity index (χ0) is 20.2. The van der Waals surface area contributed by atoms with Crippen LogP contribution in [-0.4, -0.2) is 24.8 Å². The third kappa shape index (κ3) is 22.6. The lowest BCUT2D eigenvalue weighted by molar-refractivity contribution is -0.160. The van der Waals surface area contributed by atoms with Crippen molar-refractivity contribution in [2.24, 2.45) is 0 Å². The molecule has 0 saturated carbocycles. The van der Waals surface area contributed by atoms with Crippen molar-refractivity contribution < 1.29 is 14.3 Å². The number of ether oxygens (including phenoxy) is 2. The van der Waals surface area contributed by atoms with Crippen molar-refractivity contribution in [3.8, 4) is 0 Å². The van der Waals surface area contributed by atoms with Crippen LogP contribution in [0.4, 0.5) is 0 Å². The van der Waals surface area contributed by atoms with Gasteiger partial charge in [-0.2, -0.15) is 0 Å². The summed E-state index contributed by atoms with van der Waals surface area (Å²) in [5, 5.41) is 0. The molecule has 156 valence electrons. The number of rotatable bonds is 16. The van der Waals surface area contributed by atoms with Gasteiger partial charge in [0, 0.05) is 6.61 Å². The van der Waals surface area contributed by atoms with Gasteiger partial charge in [-0.05, 0) is 59.3 Å². The van der Waals surface area contributed by atoms with E-state index in [0.29, 0.717) is 6.61 Å². The molecule has 0 bridgehead atoms. The largest absolute Gasteiger partial charge is 0.458 e. The van der Waals surface area contributed by atoms with Crippen LogP contribution in [0, 0.1) is 0 Å². The summed E-state index contributed by atoms with van der Waals surface area (Å²) in [5.41, 5.74) is -0.432. The van der Waals surface area contributed by atoms with E-state index in [1.807, 2.05) is 20.8 Å². The van der Waals surface area contributed by atoms with Gasteiger partial charge in [0.15, 0.2) is 0 Å². The van der Waals surface area contributed by atoms with E-state index in [-0.39, 0.29) is 12.6 Å². The molecule has 0 heterocycles. The SMILES string of the molecule is CCC=CCC=CCC=CCCCCCCCCOCC(=O)OC(C)(C)C. The summed E-state index contributed by atoms with van der Waals surface area (Å²) in [6, 6.07) is 0. The Morgan fingerprint density at radius 3 is 1.96 bits per heavy atom. The maximum atomic E-state index is 11.5. The van der Waals surface area contributed by atoms with Crippen molar-refractivity contribution in [3.63, 3.8) is 0 Å². The molecule has 0 saturated heterocycles. The molecule has 3 nitrogen and oxygen atoms in total. The van der Waals surface area contributed by atoms with Crippen LogP contribution >= 0.6 is 0 Å². The first-order valence-corrected chi connectivity index (χ1v) is 10.7. The molecule has 0 radical (unpaired) electrons. The van der Waals surface area contributed by atoms with E-state index in [2.05, 4.69) is 43.4 Å². The molecule has 0 aliphatic rings. The lowest BCUT2D eigenvalue weighted by Gasteiger charge is -2.19. The molecule has 0 N–H and O–H groups in total. The lowest BCUT2D eigenvalue weighted by Crippen LogP contribution is -2.26. The average molecular weight is 379 g/mol. The van der Waals surface area contributed by atoms with Gasteiger partial charge in [-0.1, -0.05) is 69.1 Å². The molecular weight excluding hydrogens is 336 g/mol.